The molecule has 0 spiro atoms. The van der Waals surface area contributed by atoms with Gasteiger partial charge in [-0.05, 0) is 31.1 Å². The van der Waals surface area contributed by atoms with Gasteiger partial charge in [0.25, 0.3) is 0 Å². The zero-order chi connectivity index (χ0) is 10.5. The van der Waals surface area contributed by atoms with Crippen LogP contribution in [-0.4, -0.2) is 24.3 Å². The Balaban J connectivity index is 1.73. The maximum atomic E-state index is 10.9. The first kappa shape index (κ1) is 9.64. The second kappa shape index (κ2) is 3.21. The number of hydrogen-bond acceptors (Lipinski definition) is 2. The summed E-state index contributed by atoms with van der Waals surface area (Å²) in [6.45, 7) is 1.65. The lowest BCUT2D eigenvalue weighted by molar-refractivity contribution is -0.165. The van der Waals surface area contributed by atoms with Crippen molar-refractivity contribution in [3.8, 4) is 0 Å². The van der Waals surface area contributed by atoms with Crippen LogP contribution in [0, 0.1) is 23.2 Å². The van der Waals surface area contributed by atoms with Crippen molar-refractivity contribution < 1.29 is 14.6 Å². The molecule has 3 fully saturated rings. The van der Waals surface area contributed by atoms with Crippen molar-refractivity contribution >= 4 is 5.97 Å². The molecule has 0 bridgehead atoms. The van der Waals surface area contributed by atoms with Crippen LogP contribution < -0.4 is 0 Å². The third kappa shape index (κ3) is 1.32. The molecule has 2 aliphatic carbocycles. The van der Waals surface area contributed by atoms with Crippen molar-refractivity contribution in [1.29, 1.82) is 0 Å². The summed E-state index contributed by atoms with van der Waals surface area (Å²) < 4.78 is 5.39. The van der Waals surface area contributed by atoms with Gasteiger partial charge < -0.3 is 9.84 Å². The summed E-state index contributed by atoms with van der Waals surface area (Å²) in [5.41, 5.74) is 0.263. The van der Waals surface area contributed by atoms with Crippen molar-refractivity contribution in [3.63, 3.8) is 0 Å². The van der Waals surface area contributed by atoms with Crippen molar-refractivity contribution in [2.75, 3.05) is 13.2 Å². The van der Waals surface area contributed by atoms with Crippen LogP contribution in [0.1, 0.15) is 32.1 Å². The lowest BCUT2D eigenvalue weighted by Gasteiger charge is -2.47. The van der Waals surface area contributed by atoms with Crippen LogP contribution in [0.25, 0.3) is 0 Å². The molecule has 0 aromatic carbocycles. The van der Waals surface area contributed by atoms with Gasteiger partial charge in [-0.1, -0.05) is 12.8 Å². The Bertz CT molecular complexity index is 277. The predicted molar refractivity (Wildman–Crippen MR) is 54.4 cm³/mol. The van der Waals surface area contributed by atoms with Gasteiger partial charge in [-0.25, -0.2) is 0 Å². The molecule has 0 amide bonds. The van der Waals surface area contributed by atoms with E-state index >= 15 is 0 Å². The number of hydrogen-bond donors (Lipinski definition) is 1. The summed E-state index contributed by atoms with van der Waals surface area (Å²) in [4.78, 5) is 10.9. The highest BCUT2D eigenvalue weighted by Gasteiger charge is 2.62. The second-order valence-corrected chi connectivity index (χ2v) is 5.49. The first-order valence-corrected chi connectivity index (χ1v) is 6.04. The minimum absolute atomic E-state index is 0.0606. The van der Waals surface area contributed by atoms with E-state index in [1.54, 1.807) is 0 Å². The average molecular weight is 210 g/mol. The standard InChI is InChI=1S/C12H18O3/c13-11(14)9-5-10(9)12(6-15-7-12)8-3-1-2-4-8/h8-10H,1-7H2,(H,13,14). The molecule has 1 N–H and O–H groups in total. The van der Waals surface area contributed by atoms with Gasteiger partial charge in [0.15, 0.2) is 0 Å². The summed E-state index contributed by atoms with van der Waals surface area (Å²) in [6, 6.07) is 0. The molecule has 3 aliphatic rings. The zero-order valence-electron chi connectivity index (χ0n) is 8.95. The van der Waals surface area contributed by atoms with Crippen LogP contribution in [0.5, 0.6) is 0 Å². The van der Waals surface area contributed by atoms with Crippen molar-refractivity contribution in [3.05, 3.63) is 0 Å². The van der Waals surface area contributed by atoms with Crippen LogP contribution >= 0.6 is 0 Å². The average Bonchev–Trinajstić information content (AvgIpc) is 2.72. The summed E-state index contributed by atoms with van der Waals surface area (Å²) in [5, 5.41) is 9.01. The van der Waals surface area contributed by atoms with Gasteiger partial charge in [0.1, 0.15) is 0 Å². The van der Waals surface area contributed by atoms with E-state index in [4.69, 9.17) is 9.84 Å². The highest BCUT2D eigenvalue weighted by Crippen LogP contribution is 2.60. The molecule has 0 radical (unpaired) electrons. The molecule has 0 aromatic rings. The Hall–Kier alpha value is -0.570. The molecule has 1 heterocycles. The van der Waals surface area contributed by atoms with Crippen molar-refractivity contribution in [1.82, 2.24) is 0 Å². The summed E-state index contributed by atoms with van der Waals surface area (Å²) in [6.07, 6.45) is 6.15. The van der Waals surface area contributed by atoms with Gasteiger partial charge in [-0.3, -0.25) is 4.79 Å². The van der Waals surface area contributed by atoms with Gasteiger partial charge in [-0.15, -0.1) is 0 Å². The number of carboxylic acid groups (broad SMARTS) is 1. The van der Waals surface area contributed by atoms with Gasteiger partial charge >= 0.3 is 5.97 Å². The fourth-order valence-corrected chi connectivity index (χ4v) is 3.69. The number of rotatable bonds is 3. The van der Waals surface area contributed by atoms with E-state index in [-0.39, 0.29) is 11.3 Å². The fraction of sp³-hybridized carbons (Fsp3) is 0.917. The Kier molecular flexibility index (Phi) is 2.06. The molecular formula is C12H18O3. The quantitative estimate of drug-likeness (QED) is 0.774. The molecule has 2 atom stereocenters. The maximum absolute atomic E-state index is 10.9. The lowest BCUT2D eigenvalue weighted by atomic mass is 9.68. The van der Waals surface area contributed by atoms with Crippen LogP contribution in [0.3, 0.4) is 0 Å². The second-order valence-electron chi connectivity index (χ2n) is 5.49. The monoisotopic (exact) mass is 210 g/mol. The minimum Gasteiger partial charge on any atom is -0.481 e. The van der Waals surface area contributed by atoms with Crippen LogP contribution in [0.15, 0.2) is 0 Å². The fourth-order valence-electron chi connectivity index (χ4n) is 3.69. The number of aliphatic carboxylic acids is 1. The van der Waals surface area contributed by atoms with Crippen LogP contribution in [-0.2, 0) is 9.53 Å². The SMILES string of the molecule is O=C(O)C1CC1C1(C2CCCC2)COC1. The Labute approximate surface area is 89.8 Å². The third-order valence-corrected chi connectivity index (χ3v) is 4.76. The normalized spacial score (nSPS) is 38.7. The van der Waals surface area contributed by atoms with Crippen LogP contribution in [0.4, 0.5) is 0 Å². The smallest absolute Gasteiger partial charge is 0.306 e. The van der Waals surface area contributed by atoms with E-state index < -0.39 is 5.97 Å². The molecule has 84 valence electrons. The Morgan fingerprint density at radius 1 is 1.27 bits per heavy atom. The van der Waals surface area contributed by atoms with E-state index in [2.05, 4.69) is 0 Å². The summed E-state index contributed by atoms with van der Waals surface area (Å²) in [7, 11) is 0. The molecule has 0 aromatic heterocycles. The highest BCUT2D eigenvalue weighted by atomic mass is 16.5. The highest BCUT2D eigenvalue weighted by molar-refractivity contribution is 5.73. The molecule has 1 aliphatic heterocycles. The van der Waals surface area contributed by atoms with E-state index in [0.717, 1.165) is 25.6 Å². The molecular weight excluding hydrogens is 192 g/mol. The largest absolute Gasteiger partial charge is 0.481 e. The zero-order valence-corrected chi connectivity index (χ0v) is 8.95. The van der Waals surface area contributed by atoms with Crippen molar-refractivity contribution in [2.24, 2.45) is 23.2 Å². The molecule has 3 nitrogen and oxygen atoms in total. The molecule has 2 unspecified atom stereocenters. The predicted octanol–water partition coefficient (Wildman–Crippen LogP) is 1.91. The van der Waals surface area contributed by atoms with E-state index in [1.807, 2.05) is 0 Å². The van der Waals surface area contributed by atoms with Crippen molar-refractivity contribution in [2.45, 2.75) is 32.1 Å². The number of carboxylic acids is 1. The van der Waals surface area contributed by atoms with E-state index in [0.29, 0.717) is 5.92 Å². The maximum Gasteiger partial charge on any atom is 0.306 e. The molecule has 3 heteroatoms. The number of carbonyl (C=O) groups is 1. The molecule has 2 saturated carbocycles. The van der Waals surface area contributed by atoms with Gasteiger partial charge in [0.05, 0.1) is 19.1 Å². The van der Waals surface area contributed by atoms with Crippen LogP contribution in [0.2, 0.25) is 0 Å². The first-order chi connectivity index (χ1) is 7.24. The third-order valence-electron chi connectivity index (χ3n) is 4.76. The minimum atomic E-state index is -0.593. The Morgan fingerprint density at radius 2 is 1.93 bits per heavy atom. The van der Waals surface area contributed by atoms with Gasteiger partial charge in [0.2, 0.25) is 0 Å². The van der Waals surface area contributed by atoms with E-state index in [1.165, 1.54) is 25.7 Å². The first-order valence-electron chi connectivity index (χ1n) is 6.04. The van der Waals surface area contributed by atoms with Gasteiger partial charge in [-0.2, -0.15) is 0 Å². The van der Waals surface area contributed by atoms with Gasteiger partial charge in [0, 0.05) is 5.41 Å². The topological polar surface area (TPSA) is 46.5 Å². The molecule has 1 saturated heterocycles. The summed E-state index contributed by atoms with van der Waals surface area (Å²) in [5.74, 6) is 0.520. The Morgan fingerprint density at radius 3 is 2.33 bits per heavy atom. The lowest BCUT2D eigenvalue weighted by Crippen LogP contribution is -2.50. The molecule has 3 rings (SSSR count). The summed E-state index contributed by atoms with van der Waals surface area (Å²) >= 11 is 0. The number of ether oxygens (including phenoxy) is 1. The molecule has 15 heavy (non-hydrogen) atoms. The van der Waals surface area contributed by atoms with E-state index in [9.17, 15) is 4.79 Å².